The fraction of sp³-hybridized carbons (Fsp3) is 0.381. The van der Waals surface area contributed by atoms with Gasteiger partial charge in [-0.3, -0.25) is 9.59 Å². The van der Waals surface area contributed by atoms with Crippen LogP contribution in [0.3, 0.4) is 0 Å². The van der Waals surface area contributed by atoms with Crippen molar-refractivity contribution in [2.75, 3.05) is 13.7 Å². The number of nitrogens with one attached hydrogen (secondary N) is 1. The first-order valence-electron chi connectivity index (χ1n) is 9.26. The minimum atomic E-state index is -0.358. The summed E-state index contributed by atoms with van der Waals surface area (Å²) in [6.07, 6.45) is 4.52. The molecule has 150 valence electrons. The van der Waals surface area contributed by atoms with E-state index in [-0.39, 0.29) is 30.9 Å². The molecule has 0 radical (unpaired) electrons. The second kappa shape index (κ2) is 11.3. The quantitative estimate of drug-likeness (QED) is 0.470. The molecule has 28 heavy (non-hydrogen) atoms. The van der Waals surface area contributed by atoms with E-state index in [0.29, 0.717) is 16.5 Å². The molecular weight excluding hydrogens is 380 g/mol. The second-order valence-corrected chi connectivity index (χ2v) is 6.66. The number of hydrogen-bond donors (Lipinski definition) is 1. The molecule has 0 bridgehead atoms. The lowest BCUT2D eigenvalue weighted by Crippen LogP contribution is -2.26. The molecule has 1 aromatic heterocycles. The largest absolute Gasteiger partial charge is 0.484 e. The van der Waals surface area contributed by atoms with Crippen LogP contribution in [0.25, 0.3) is 0 Å². The summed E-state index contributed by atoms with van der Waals surface area (Å²) in [5.74, 6) is 0.0572. The van der Waals surface area contributed by atoms with Crippen molar-refractivity contribution in [3.8, 4) is 5.75 Å². The number of rotatable bonds is 10. The molecule has 0 fully saturated rings. The molecule has 0 saturated heterocycles. The normalized spacial score (nSPS) is 11.5. The molecule has 1 amide bonds. The van der Waals surface area contributed by atoms with Crippen LogP contribution < -0.4 is 10.1 Å². The summed E-state index contributed by atoms with van der Waals surface area (Å²) in [4.78, 5) is 27.3. The van der Waals surface area contributed by atoms with Crippen molar-refractivity contribution < 1.29 is 19.1 Å². The van der Waals surface area contributed by atoms with Crippen LogP contribution >= 0.6 is 11.6 Å². The van der Waals surface area contributed by atoms with Gasteiger partial charge in [-0.15, -0.1) is 0 Å². The van der Waals surface area contributed by atoms with E-state index in [1.807, 2.05) is 12.1 Å². The third kappa shape index (κ3) is 6.85. The number of methoxy groups -OCH3 is 1. The highest BCUT2D eigenvalue weighted by molar-refractivity contribution is 6.29. The number of carbonyl (C=O) groups excluding carboxylic acids is 2. The van der Waals surface area contributed by atoms with Gasteiger partial charge in [0.2, 0.25) is 0 Å². The minimum absolute atomic E-state index is 0.139. The molecular formula is C21H25ClN2O4. The number of esters is 1. The maximum atomic E-state index is 12.2. The fourth-order valence-electron chi connectivity index (χ4n) is 2.61. The van der Waals surface area contributed by atoms with Gasteiger partial charge in [-0.25, -0.2) is 4.98 Å². The van der Waals surface area contributed by atoms with Crippen molar-refractivity contribution in [2.24, 2.45) is 0 Å². The first-order chi connectivity index (χ1) is 13.5. The summed E-state index contributed by atoms with van der Waals surface area (Å²) in [6, 6.07) is 10.8. The summed E-state index contributed by atoms with van der Waals surface area (Å²) in [6.45, 7) is 2.36. The number of pyridine rings is 1. The summed E-state index contributed by atoms with van der Waals surface area (Å²) in [5, 5.41) is 3.12. The third-order valence-electron chi connectivity index (χ3n) is 4.19. The maximum absolute atomic E-state index is 12.2. The van der Waals surface area contributed by atoms with Gasteiger partial charge in [0, 0.05) is 12.1 Å². The van der Waals surface area contributed by atoms with Gasteiger partial charge < -0.3 is 14.8 Å². The van der Waals surface area contributed by atoms with Crippen LogP contribution in [0.5, 0.6) is 5.75 Å². The average Bonchev–Trinajstić information content (AvgIpc) is 2.72. The van der Waals surface area contributed by atoms with Crippen LogP contribution in [0.4, 0.5) is 0 Å². The highest BCUT2D eigenvalue weighted by atomic mass is 35.5. The predicted molar refractivity (Wildman–Crippen MR) is 108 cm³/mol. The number of unbranched alkanes of at least 4 members (excludes halogenated alkanes) is 1. The Bertz CT molecular complexity index is 763. The molecule has 0 aliphatic heterocycles. The van der Waals surface area contributed by atoms with Gasteiger partial charge in [-0.05, 0) is 42.7 Å². The molecule has 0 spiro atoms. The Hall–Kier alpha value is -2.60. The van der Waals surface area contributed by atoms with Crippen LogP contribution in [-0.4, -0.2) is 30.5 Å². The SMILES string of the molecule is CCCCC(Oc1ccc(Cl)nc1)c1ccc(C(=O)NCCC(=O)OC)cc1. The van der Waals surface area contributed by atoms with Gasteiger partial charge in [0.05, 0.1) is 19.7 Å². The Morgan fingerprint density at radius 3 is 2.54 bits per heavy atom. The Morgan fingerprint density at radius 2 is 1.93 bits per heavy atom. The van der Waals surface area contributed by atoms with E-state index in [4.69, 9.17) is 16.3 Å². The van der Waals surface area contributed by atoms with E-state index >= 15 is 0 Å². The molecule has 1 aromatic carbocycles. The molecule has 0 saturated carbocycles. The van der Waals surface area contributed by atoms with Crippen molar-refractivity contribution in [1.29, 1.82) is 0 Å². The number of hydrogen-bond acceptors (Lipinski definition) is 5. The van der Waals surface area contributed by atoms with Gasteiger partial charge >= 0.3 is 5.97 Å². The zero-order valence-corrected chi connectivity index (χ0v) is 16.9. The van der Waals surface area contributed by atoms with E-state index in [0.717, 1.165) is 24.8 Å². The van der Waals surface area contributed by atoms with Crippen molar-refractivity contribution in [2.45, 2.75) is 38.7 Å². The Kier molecular flexibility index (Phi) is 8.75. The third-order valence-corrected chi connectivity index (χ3v) is 4.41. The number of halogens is 1. The fourth-order valence-corrected chi connectivity index (χ4v) is 2.72. The Balaban J connectivity index is 2.02. The van der Waals surface area contributed by atoms with Crippen molar-refractivity contribution in [3.63, 3.8) is 0 Å². The molecule has 1 atom stereocenters. The topological polar surface area (TPSA) is 77.5 Å². The van der Waals surface area contributed by atoms with Gasteiger partial charge in [-0.2, -0.15) is 0 Å². The predicted octanol–water partition coefficient (Wildman–Crippen LogP) is 4.34. The lowest BCUT2D eigenvalue weighted by atomic mass is 10.0. The minimum Gasteiger partial charge on any atom is -0.484 e. The summed E-state index contributed by atoms with van der Waals surface area (Å²) < 4.78 is 10.6. The molecule has 0 aliphatic carbocycles. The molecule has 0 aliphatic rings. The van der Waals surface area contributed by atoms with Gasteiger partial charge in [0.25, 0.3) is 5.91 Å². The van der Waals surface area contributed by atoms with Crippen molar-refractivity contribution >= 4 is 23.5 Å². The molecule has 2 aromatic rings. The molecule has 1 N–H and O–H groups in total. The van der Waals surface area contributed by atoms with Gasteiger partial charge in [-0.1, -0.05) is 37.1 Å². The van der Waals surface area contributed by atoms with Crippen LogP contribution in [0.1, 0.15) is 54.6 Å². The number of amides is 1. The number of ether oxygens (including phenoxy) is 2. The highest BCUT2D eigenvalue weighted by Crippen LogP contribution is 2.27. The smallest absolute Gasteiger partial charge is 0.307 e. The standard InChI is InChI=1S/C21H25ClN2O4/c1-3-4-5-18(28-17-10-11-19(22)24-14-17)15-6-8-16(9-7-15)21(26)23-13-12-20(25)27-2/h6-11,14,18H,3-5,12-13H2,1-2H3,(H,23,26). The van der Waals surface area contributed by atoms with E-state index in [2.05, 4.69) is 22.0 Å². The van der Waals surface area contributed by atoms with E-state index in [9.17, 15) is 9.59 Å². The van der Waals surface area contributed by atoms with Gasteiger partial charge in [0.1, 0.15) is 17.0 Å². The summed E-state index contributed by atoms with van der Waals surface area (Å²) in [7, 11) is 1.32. The number of aromatic nitrogens is 1. The second-order valence-electron chi connectivity index (χ2n) is 6.27. The maximum Gasteiger partial charge on any atom is 0.307 e. The molecule has 1 heterocycles. The monoisotopic (exact) mass is 404 g/mol. The summed E-state index contributed by atoms with van der Waals surface area (Å²) in [5.41, 5.74) is 1.51. The highest BCUT2D eigenvalue weighted by Gasteiger charge is 2.15. The molecule has 1 unspecified atom stereocenters. The molecule has 2 rings (SSSR count). The van der Waals surface area contributed by atoms with E-state index in [1.165, 1.54) is 7.11 Å². The van der Waals surface area contributed by atoms with Crippen LogP contribution in [-0.2, 0) is 9.53 Å². The summed E-state index contributed by atoms with van der Waals surface area (Å²) >= 11 is 5.83. The van der Waals surface area contributed by atoms with Crippen molar-refractivity contribution in [3.05, 3.63) is 58.9 Å². The average molecular weight is 405 g/mol. The zero-order valence-electron chi connectivity index (χ0n) is 16.1. The first kappa shape index (κ1) is 21.7. The molecule has 6 nitrogen and oxygen atoms in total. The van der Waals surface area contributed by atoms with E-state index in [1.54, 1.807) is 30.5 Å². The number of benzene rings is 1. The van der Waals surface area contributed by atoms with Crippen LogP contribution in [0.2, 0.25) is 5.15 Å². The lowest BCUT2D eigenvalue weighted by Gasteiger charge is -2.19. The zero-order chi connectivity index (χ0) is 20.4. The number of carbonyl (C=O) groups is 2. The van der Waals surface area contributed by atoms with Crippen LogP contribution in [0, 0.1) is 0 Å². The Morgan fingerprint density at radius 1 is 1.18 bits per heavy atom. The van der Waals surface area contributed by atoms with E-state index < -0.39 is 0 Å². The van der Waals surface area contributed by atoms with Crippen molar-refractivity contribution in [1.82, 2.24) is 10.3 Å². The lowest BCUT2D eigenvalue weighted by molar-refractivity contribution is -0.140. The Labute approximate surface area is 170 Å². The molecule has 7 heteroatoms. The van der Waals surface area contributed by atoms with Crippen LogP contribution in [0.15, 0.2) is 42.6 Å². The van der Waals surface area contributed by atoms with Gasteiger partial charge in [0.15, 0.2) is 0 Å². The first-order valence-corrected chi connectivity index (χ1v) is 9.64. The number of nitrogens with zero attached hydrogens (tertiary/aromatic N) is 1.